The highest BCUT2D eigenvalue weighted by atomic mass is 32.2. The van der Waals surface area contributed by atoms with Crippen LogP contribution in [0, 0.1) is 17.5 Å². The van der Waals surface area contributed by atoms with Crippen LogP contribution in [-0.4, -0.2) is 28.0 Å². The Morgan fingerprint density at radius 2 is 1.90 bits per heavy atom. The zero-order valence-electron chi connectivity index (χ0n) is 10.5. The monoisotopic (exact) mass is 311 g/mol. The fourth-order valence-corrected chi connectivity index (χ4v) is 2.48. The lowest BCUT2D eigenvalue weighted by Crippen LogP contribution is -2.26. The Morgan fingerprint density at radius 1 is 1.25 bits per heavy atom. The summed E-state index contributed by atoms with van der Waals surface area (Å²) in [7, 11) is -3.13. The fraction of sp³-hybridized carbons (Fsp3) is 0.364. The van der Waals surface area contributed by atoms with Crippen LogP contribution in [0.25, 0.3) is 0 Å². The minimum Gasteiger partial charge on any atom is -0.469 e. The summed E-state index contributed by atoms with van der Waals surface area (Å²) in [6, 6.07) is 1.14. The summed E-state index contributed by atoms with van der Waals surface area (Å²) in [4.78, 5) is 9.80. The van der Waals surface area contributed by atoms with E-state index in [0.717, 1.165) is 0 Å². The first-order chi connectivity index (χ1) is 9.29. The van der Waals surface area contributed by atoms with Crippen LogP contribution in [0.15, 0.2) is 17.0 Å². The number of benzene rings is 1. The van der Waals surface area contributed by atoms with E-state index in [1.54, 1.807) is 0 Å². The van der Waals surface area contributed by atoms with E-state index in [9.17, 15) is 26.4 Å². The van der Waals surface area contributed by atoms with E-state index in [1.165, 1.54) is 7.11 Å². The van der Waals surface area contributed by atoms with Crippen LogP contribution >= 0.6 is 0 Å². The first-order valence-electron chi connectivity index (χ1n) is 5.49. The van der Waals surface area contributed by atoms with Gasteiger partial charge in [0.05, 0.1) is 7.11 Å². The van der Waals surface area contributed by atoms with Crippen molar-refractivity contribution in [2.24, 2.45) is 0 Å². The van der Waals surface area contributed by atoms with Gasteiger partial charge in [-0.2, -0.15) is 0 Å². The number of rotatable bonds is 6. The van der Waals surface area contributed by atoms with Gasteiger partial charge in [-0.3, -0.25) is 4.79 Å². The number of hydrogen-bond acceptors (Lipinski definition) is 4. The molecule has 0 amide bonds. The summed E-state index contributed by atoms with van der Waals surface area (Å²) in [6.45, 7) is -0.171. The van der Waals surface area contributed by atoms with Gasteiger partial charge >= 0.3 is 5.97 Å². The molecule has 0 radical (unpaired) electrons. The molecule has 1 rings (SSSR count). The molecule has 0 fully saturated rings. The van der Waals surface area contributed by atoms with Crippen LogP contribution in [0.5, 0.6) is 0 Å². The molecule has 0 saturated carbocycles. The first-order valence-corrected chi connectivity index (χ1v) is 6.98. The molecule has 0 aliphatic heterocycles. The Morgan fingerprint density at radius 3 is 2.50 bits per heavy atom. The van der Waals surface area contributed by atoms with E-state index >= 15 is 0 Å². The highest BCUT2D eigenvalue weighted by Gasteiger charge is 2.23. The van der Waals surface area contributed by atoms with Gasteiger partial charge in [-0.15, -0.1) is 0 Å². The third kappa shape index (κ3) is 3.94. The van der Waals surface area contributed by atoms with Gasteiger partial charge in [-0.05, 0) is 18.6 Å². The molecule has 1 N–H and O–H groups in total. The van der Waals surface area contributed by atoms with Gasteiger partial charge < -0.3 is 4.74 Å². The van der Waals surface area contributed by atoms with Gasteiger partial charge in [0, 0.05) is 13.0 Å². The van der Waals surface area contributed by atoms with Crippen LogP contribution in [-0.2, 0) is 19.6 Å². The fourth-order valence-electron chi connectivity index (χ4n) is 1.33. The molecule has 1 aromatic carbocycles. The molecular formula is C11H12F3NO4S. The Labute approximate surface area is 113 Å². The van der Waals surface area contributed by atoms with Crippen LogP contribution in [0.1, 0.15) is 12.8 Å². The second kappa shape index (κ2) is 6.71. The standard InChI is InChI=1S/C11H12F3NO4S/c1-19-9(16)3-2-6-15-20(17,18)8-5-4-7(12)10(13)11(8)14/h4-5,15H,2-3,6H2,1H3. The number of carbonyl (C=O) groups is 1. The number of ether oxygens (including phenoxy) is 1. The predicted octanol–water partition coefficient (Wildman–Crippen LogP) is 1.34. The average molecular weight is 311 g/mol. The van der Waals surface area contributed by atoms with E-state index in [0.29, 0.717) is 12.1 Å². The lowest BCUT2D eigenvalue weighted by atomic mass is 10.3. The summed E-state index contributed by atoms with van der Waals surface area (Å²) >= 11 is 0. The normalized spacial score (nSPS) is 11.4. The molecule has 0 spiro atoms. The molecule has 1 aromatic rings. The van der Waals surface area contributed by atoms with E-state index in [-0.39, 0.29) is 19.4 Å². The molecule has 0 atom stereocenters. The largest absolute Gasteiger partial charge is 0.469 e. The summed E-state index contributed by atoms with van der Waals surface area (Å²) in [5.74, 6) is -5.65. The molecule has 0 heterocycles. The maximum atomic E-state index is 13.3. The maximum absolute atomic E-state index is 13.3. The minimum atomic E-state index is -4.32. The highest BCUT2D eigenvalue weighted by Crippen LogP contribution is 2.19. The quantitative estimate of drug-likeness (QED) is 0.489. The summed E-state index contributed by atoms with van der Waals surface area (Å²) < 4.78 is 68.7. The molecule has 0 aliphatic rings. The molecule has 0 bridgehead atoms. The molecule has 9 heteroatoms. The highest BCUT2D eigenvalue weighted by molar-refractivity contribution is 7.89. The molecular weight excluding hydrogens is 299 g/mol. The van der Waals surface area contributed by atoms with Crippen LogP contribution in [0.3, 0.4) is 0 Å². The van der Waals surface area contributed by atoms with Crippen LogP contribution in [0.4, 0.5) is 13.2 Å². The third-order valence-electron chi connectivity index (χ3n) is 2.37. The van der Waals surface area contributed by atoms with Crippen LogP contribution < -0.4 is 4.72 Å². The van der Waals surface area contributed by atoms with Gasteiger partial charge in [0.2, 0.25) is 10.0 Å². The van der Waals surface area contributed by atoms with Crippen molar-refractivity contribution in [1.29, 1.82) is 0 Å². The van der Waals surface area contributed by atoms with E-state index in [1.807, 2.05) is 4.72 Å². The Kier molecular flexibility index (Phi) is 5.52. The van der Waals surface area contributed by atoms with Gasteiger partial charge in [0.15, 0.2) is 17.5 Å². The number of nitrogens with one attached hydrogen (secondary N) is 1. The zero-order valence-corrected chi connectivity index (χ0v) is 11.3. The van der Waals surface area contributed by atoms with Crippen molar-refractivity contribution in [3.05, 3.63) is 29.6 Å². The first kappa shape index (κ1) is 16.4. The van der Waals surface area contributed by atoms with E-state index < -0.39 is 38.3 Å². The second-order valence-electron chi connectivity index (χ2n) is 3.75. The average Bonchev–Trinajstić information content (AvgIpc) is 2.40. The topological polar surface area (TPSA) is 72.5 Å². The lowest BCUT2D eigenvalue weighted by molar-refractivity contribution is -0.140. The van der Waals surface area contributed by atoms with Crippen molar-refractivity contribution in [3.8, 4) is 0 Å². The van der Waals surface area contributed by atoms with Crippen molar-refractivity contribution in [2.45, 2.75) is 17.7 Å². The summed E-state index contributed by atoms with van der Waals surface area (Å²) in [6.07, 6.45) is 0.0937. The number of sulfonamides is 1. The second-order valence-corrected chi connectivity index (χ2v) is 5.49. The van der Waals surface area contributed by atoms with Gasteiger partial charge in [-0.1, -0.05) is 0 Å². The third-order valence-corrected chi connectivity index (χ3v) is 3.85. The number of methoxy groups -OCH3 is 1. The Bertz CT molecular complexity index is 604. The van der Waals surface area contributed by atoms with E-state index in [4.69, 9.17) is 0 Å². The Hall–Kier alpha value is -1.61. The molecule has 0 aromatic heterocycles. The molecule has 112 valence electrons. The number of hydrogen-bond donors (Lipinski definition) is 1. The SMILES string of the molecule is COC(=O)CCCNS(=O)(=O)c1ccc(F)c(F)c1F. The van der Waals surface area contributed by atoms with Crippen molar-refractivity contribution >= 4 is 16.0 Å². The van der Waals surface area contributed by atoms with Gasteiger partial charge in [0.1, 0.15) is 4.90 Å². The predicted molar refractivity (Wildman–Crippen MR) is 62.8 cm³/mol. The zero-order chi connectivity index (χ0) is 15.3. The molecule has 0 saturated heterocycles. The van der Waals surface area contributed by atoms with Crippen LogP contribution in [0.2, 0.25) is 0 Å². The molecule has 20 heavy (non-hydrogen) atoms. The molecule has 5 nitrogen and oxygen atoms in total. The Balaban J connectivity index is 2.75. The minimum absolute atomic E-state index is 0.0285. The van der Waals surface area contributed by atoms with E-state index in [2.05, 4.69) is 4.74 Å². The maximum Gasteiger partial charge on any atom is 0.305 e. The van der Waals surface area contributed by atoms with Gasteiger partial charge in [-0.25, -0.2) is 26.3 Å². The van der Waals surface area contributed by atoms with Crippen molar-refractivity contribution in [2.75, 3.05) is 13.7 Å². The van der Waals surface area contributed by atoms with Gasteiger partial charge in [0.25, 0.3) is 0 Å². The number of carbonyl (C=O) groups excluding carboxylic acids is 1. The number of esters is 1. The lowest BCUT2D eigenvalue weighted by Gasteiger charge is -2.08. The smallest absolute Gasteiger partial charge is 0.305 e. The molecule has 0 aliphatic carbocycles. The van der Waals surface area contributed by atoms with Crippen molar-refractivity contribution in [3.63, 3.8) is 0 Å². The summed E-state index contributed by atoms with van der Waals surface area (Å²) in [5.41, 5.74) is 0. The number of halogens is 3. The van der Waals surface area contributed by atoms with Crippen molar-refractivity contribution in [1.82, 2.24) is 4.72 Å². The van der Waals surface area contributed by atoms with Crippen molar-refractivity contribution < 1.29 is 31.1 Å². The summed E-state index contributed by atoms with van der Waals surface area (Å²) in [5, 5.41) is 0. The molecule has 0 unspecified atom stereocenters.